The van der Waals surface area contributed by atoms with E-state index in [1.54, 1.807) is 0 Å². The number of aromatic nitrogens is 4. The molecule has 0 radical (unpaired) electrons. The van der Waals surface area contributed by atoms with Crippen molar-refractivity contribution in [1.82, 2.24) is 20.2 Å². The van der Waals surface area contributed by atoms with Gasteiger partial charge in [0, 0.05) is 24.7 Å². The van der Waals surface area contributed by atoms with Gasteiger partial charge in [-0.15, -0.1) is 0 Å². The van der Waals surface area contributed by atoms with E-state index in [1.165, 1.54) is 24.1 Å². The van der Waals surface area contributed by atoms with E-state index in [-0.39, 0.29) is 0 Å². The Hall–Kier alpha value is -2.43. The van der Waals surface area contributed by atoms with Gasteiger partial charge >= 0.3 is 0 Å². The second-order valence-electron chi connectivity index (χ2n) is 6.16. The summed E-state index contributed by atoms with van der Waals surface area (Å²) in [6.07, 6.45) is 7.26. The molecular weight excluding hydrogens is 286 g/mol. The summed E-state index contributed by atoms with van der Waals surface area (Å²) in [5.74, 6) is 1.47. The van der Waals surface area contributed by atoms with Crippen molar-refractivity contribution >= 4 is 16.9 Å². The highest BCUT2D eigenvalue weighted by molar-refractivity contribution is 5.75. The van der Waals surface area contributed by atoms with Crippen LogP contribution in [-0.2, 0) is 6.42 Å². The zero-order valence-electron chi connectivity index (χ0n) is 13.4. The van der Waals surface area contributed by atoms with Crippen LogP contribution < -0.4 is 4.90 Å². The van der Waals surface area contributed by atoms with E-state index in [2.05, 4.69) is 27.0 Å². The summed E-state index contributed by atoms with van der Waals surface area (Å²) in [6, 6.07) is 8.04. The van der Waals surface area contributed by atoms with Crippen LogP contribution in [0, 0.1) is 0 Å². The molecule has 1 aromatic carbocycles. The van der Waals surface area contributed by atoms with E-state index < -0.39 is 0 Å². The first kappa shape index (κ1) is 14.2. The van der Waals surface area contributed by atoms with Crippen LogP contribution in [0.3, 0.4) is 0 Å². The van der Waals surface area contributed by atoms with E-state index >= 15 is 0 Å². The molecule has 0 spiro atoms. The van der Waals surface area contributed by atoms with Crippen molar-refractivity contribution < 1.29 is 0 Å². The minimum atomic E-state index is 0.495. The van der Waals surface area contributed by atoms with E-state index in [1.807, 2.05) is 36.7 Å². The van der Waals surface area contributed by atoms with Crippen molar-refractivity contribution in [2.75, 3.05) is 18.0 Å². The molecule has 5 heteroatoms. The number of fused-ring (bicyclic) bond motifs is 1. The van der Waals surface area contributed by atoms with Crippen molar-refractivity contribution in [2.45, 2.75) is 32.1 Å². The highest BCUT2D eigenvalue weighted by atomic mass is 15.2. The predicted octanol–water partition coefficient (Wildman–Crippen LogP) is 3.30. The molecule has 3 heterocycles. The lowest BCUT2D eigenvalue weighted by Gasteiger charge is -2.33. The zero-order chi connectivity index (χ0) is 15.6. The van der Waals surface area contributed by atoms with Crippen LogP contribution in [0.2, 0.25) is 0 Å². The van der Waals surface area contributed by atoms with Gasteiger partial charge in [0.05, 0.1) is 23.4 Å². The second kappa shape index (κ2) is 5.99. The number of rotatable bonds is 3. The van der Waals surface area contributed by atoms with Crippen molar-refractivity contribution in [2.24, 2.45) is 0 Å². The van der Waals surface area contributed by atoms with Crippen LogP contribution in [0.25, 0.3) is 11.0 Å². The van der Waals surface area contributed by atoms with Gasteiger partial charge in [-0.3, -0.25) is 10.1 Å². The fourth-order valence-corrected chi connectivity index (χ4v) is 3.48. The number of H-pyrrole nitrogens is 1. The van der Waals surface area contributed by atoms with Gasteiger partial charge in [-0.2, -0.15) is 5.10 Å². The van der Waals surface area contributed by atoms with Crippen LogP contribution in [0.4, 0.5) is 5.82 Å². The van der Waals surface area contributed by atoms with Gasteiger partial charge < -0.3 is 4.90 Å². The standard InChI is InChI=1S/C18H21N5/c1-2-13-10-20-22-18(13)14-6-5-9-23(12-14)17-11-19-15-7-3-4-8-16(15)21-17/h3-4,7-8,10-11,14H,2,5-6,9,12H2,1H3,(H,20,22)/t14-/m1/s1. The molecule has 2 aromatic heterocycles. The molecule has 3 aromatic rings. The highest BCUT2D eigenvalue weighted by Gasteiger charge is 2.25. The monoisotopic (exact) mass is 307 g/mol. The van der Waals surface area contributed by atoms with Gasteiger partial charge in [0.1, 0.15) is 5.82 Å². The average molecular weight is 307 g/mol. The molecule has 118 valence electrons. The molecular formula is C18H21N5. The van der Waals surface area contributed by atoms with Gasteiger partial charge in [-0.05, 0) is 37.0 Å². The normalized spacial score (nSPS) is 18.5. The van der Waals surface area contributed by atoms with Gasteiger partial charge in [0.15, 0.2) is 0 Å². The number of nitrogens with zero attached hydrogens (tertiary/aromatic N) is 4. The average Bonchev–Trinajstić information content (AvgIpc) is 3.10. The molecule has 23 heavy (non-hydrogen) atoms. The topological polar surface area (TPSA) is 57.7 Å². The third kappa shape index (κ3) is 2.67. The Bertz CT molecular complexity index is 810. The maximum atomic E-state index is 4.79. The minimum Gasteiger partial charge on any atom is -0.355 e. The molecule has 4 rings (SSSR count). The number of aromatic amines is 1. The van der Waals surface area contributed by atoms with E-state index in [0.717, 1.165) is 36.4 Å². The maximum Gasteiger partial charge on any atom is 0.147 e. The lowest BCUT2D eigenvalue weighted by molar-refractivity contribution is 0.495. The molecule has 1 aliphatic rings. The molecule has 0 bridgehead atoms. The van der Waals surface area contributed by atoms with E-state index in [9.17, 15) is 0 Å². The Morgan fingerprint density at radius 3 is 2.96 bits per heavy atom. The Balaban J connectivity index is 1.61. The molecule has 1 atom stereocenters. The van der Waals surface area contributed by atoms with Crippen LogP contribution >= 0.6 is 0 Å². The van der Waals surface area contributed by atoms with Gasteiger partial charge in [-0.25, -0.2) is 4.98 Å². The summed E-state index contributed by atoms with van der Waals surface area (Å²) in [4.78, 5) is 11.7. The smallest absolute Gasteiger partial charge is 0.147 e. The number of para-hydroxylation sites is 2. The van der Waals surface area contributed by atoms with Gasteiger partial charge in [-0.1, -0.05) is 19.1 Å². The van der Waals surface area contributed by atoms with Crippen LogP contribution in [0.15, 0.2) is 36.7 Å². The van der Waals surface area contributed by atoms with Crippen molar-refractivity contribution in [3.05, 3.63) is 47.9 Å². The molecule has 1 N–H and O–H groups in total. The summed E-state index contributed by atoms with van der Waals surface area (Å²) in [5.41, 5.74) is 4.54. The number of piperidine rings is 1. The number of hydrogen-bond acceptors (Lipinski definition) is 4. The van der Waals surface area contributed by atoms with Crippen molar-refractivity contribution in [1.29, 1.82) is 0 Å². The molecule has 0 aliphatic carbocycles. The lowest BCUT2D eigenvalue weighted by Crippen LogP contribution is -2.35. The molecule has 1 aliphatic heterocycles. The predicted molar refractivity (Wildman–Crippen MR) is 91.7 cm³/mol. The van der Waals surface area contributed by atoms with Crippen molar-refractivity contribution in [3.8, 4) is 0 Å². The highest BCUT2D eigenvalue weighted by Crippen LogP contribution is 2.30. The molecule has 5 nitrogen and oxygen atoms in total. The Morgan fingerprint density at radius 1 is 1.22 bits per heavy atom. The van der Waals surface area contributed by atoms with Gasteiger partial charge in [0.2, 0.25) is 0 Å². The first-order valence-corrected chi connectivity index (χ1v) is 8.34. The largest absolute Gasteiger partial charge is 0.355 e. The third-order valence-corrected chi connectivity index (χ3v) is 4.72. The van der Waals surface area contributed by atoms with E-state index in [4.69, 9.17) is 4.98 Å². The number of hydrogen-bond donors (Lipinski definition) is 1. The summed E-state index contributed by atoms with van der Waals surface area (Å²) < 4.78 is 0. The number of benzene rings is 1. The Labute approximate surface area is 135 Å². The first-order valence-electron chi connectivity index (χ1n) is 8.34. The number of anilines is 1. The number of aryl methyl sites for hydroxylation is 1. The van der Waals surface area contributed by atoms with Crippen molar-refractivity contribution in [3.63, 3.8) is 0 Å². The summed E-state index contributed by atoms with van der Waals surface area (Å²) >= 11 is 0. The Morgan fingerprint density at radius 2 is 2.09 bits per heavy atom. The molecule has 1 saturated heterocycles. The third-order valence-electron chi connectivity index (χ3n) is 4.72. The zero-order valence-corrected chi connectivity index (χ0v) is 13.4. The molecule has 0 saturated carbocycles. The molecule has 1 fully saturated rings. The summed E-state index contributed by atoms with van der Waals surface area (Å²) in [7, 11) is 0. The quantitative estimate of drug-likeness (QED) is 0.806. The van der Waals surface area contributed by atoms with Crippen LogP contribution in [-0.4, -0.2) is 33.3 Å². The first-order chi connectivity index (χ1) is 11.3. The summed E-state index contributed by atoms with van der Waals surface area (Å²) in [5, 5.41) is 7.45. The fourth-order valence-electron chi connectivity index (χ4n) is 3.48. The Kier molecular flexibility index (Phi) is 3.69. The maximum absolute atomic E-state index is 4.79. The molecule has 0 unspecified atom stereocenters. The lowest BCUT2D eigenvalue weighted by atomic mass is 9.92. The second-order valence-corrected chi connectivity index (χ2v) is 6.16. The fraction of sp³-hybridized carbons (Fsp3) is 0.389. The SMILES string of the molecule is CCc1cn[nH]c1[C@@H]1CCCN(c2cnc3ccccc3n2)C1. The minimum absolute atomic E-state index is 0.495. The van der Waals surface area contributed by atoms with E-state index in [0.29, 0.717) is 5.92 Å². The number of nitrogens with one attached hydrogen (secondary N) is 1. The van der Waals surface area contributed by atoms with Crippen LogP contribution in [0.5, 0.6) is 0 Å². The van der Waals surface area contributed by atoms with Gasteiger partial charge in [0.25, 0.3) is 0 Å². The summed E-state index contributed by atoms with van der Waals surface area (Å²) in [6.45, 7) is 4.20. The molecule has 0 amide bonds. The van der Waals surface area contributed by atoms with Crippen LogP contribution in [0.1, 0.15) is 36.9 Å².